The first-order chi connectivity index (χ1) is 7.00. The predicted molar refractivity (Wildman–Crippen MR) is 67.1 cm³/mol. The van der Waals surface area contributed by atoms with Crippen molar-refractivity contribution < 1.29 is 0 Å². The molecule has 1 saturated carbocycles. The SMILES string of the molecule is Cc1cc(C(N)C2CCCC2(C)C)cs1. The second kappa shape index (κ2) is 3.91. The summed E-state index contributed by atoms with van der Waals surface area (Å²) in [5.41, 5.74) is 8.17. The molecule has 2 atom stereocenters. The summed E-state index contributed by atoms with van der Waals surface area (Å²) in [7, 11) is 0. The monoisotopic (exact) mass is 223 g/mol. The maximum absolute atomic E-state index is 6.40. The molecule has 84 valence electrons. The van der Waals surface area contributed by atoms with Gasteiger partial charge in [0, 0.05) is 10.9 Å². The third-order valence-electron chi connectivity index (χ3n) is 3.91. The van der Waals surface area contributed by atoms with Gasteiger partial charge < -0.3 is 5.73 Å². The summed E-state index contributed by atoms with van der Waals surface area (Å²) in [5, 5.41) is 2.23. The normalized spacial score (nSPS) is 26.8. The highest BCUT2D eigenvalue weighted by Crippen LogP contribution is 2.48. The Morgan fingerprint density at radius 3 is 2.73 bits per heavy atom. The summed E-state index contributed by atoms with van der Waals surface area (Å²) < 4.78 is 0. The zero-order valence-corrected chi connectivity index (χ0v) is 10.7. The van der Waals surface area contributed by atoms with Gasteiger partial charge in [0.2, 0.25) is 0 Å². The summed E-state index contributed by atoms with van der Waals surface area (Å²) >= 11 is 1.81. The molecule has 1 aliphatic carbocycles. The minimum absolute atomic E-state index is 0.243. The smallest absolute Gasteiger partial charge is 0.0337 e. The van der Waals surface area contributed by atoms with Crippen molar-refractivity contribution in [2.45, 2.75) is 46.1 Å². The van der Waals surface area contributed by atoms with Crippen molar-refractivity contribution in [2.75, 3.05) is 0 Å². The van der Waals surface area contributed by atoms with Crippen LogP contribution in [-0.2, 0) is 0 Å². The van der Waals surface area contributed by atoms with Crippen LogP contribution < -0.4 is 5.73 Å². The van der Waals surface area contributed by atoms with E-state index >= 15 is 0 Å². The number of hydrogen-bond acceptors (Lipinski definition) is 2. The molecule has 1 nitrogen and oxygen atoms in total. The Labute approximate surface area is 96.7 Å². The molecule has 1 heterocycles. The summed E-state index contributed by atoms with van der Waals surface area (Å²) in [6.07, 6.45) is 3.96. The molecule has 2 N–H and O–H groups in total. The van der Waals surface area contributed by atoms with Crippen LogP contribution in [0, 0.1) is 18.3 Å². The Kier molecular flexibility index (Phi) is 2.91. The van der Waals surface area contributed by atoms with Gasteiger partial charge in [-0.05, 0) is 48.1 Å². The lowest BCUT2D eigenvalue weighted by molar-refractivity contribution is 0.222. The fourth-order valence-corrected chi connectivity index (χ4v) is 3.64. The molecule has 0 spiro atoms. The van der Waals surface area contributed by atoms with E-state index in [1.165, 1.54) is 29.7 Å². The molecule has 2 rings (SSSR count). The van der Waals surface area contributed by atoms with E-state index in [9.17, 15) is 0 Å². The highest BCUT2D eigenvalue weighted by atomic mass is 32.1. The van der Waals surface area contributed by atoms with Crippen molar-refractivity contribution >= 4 is 11.3 Å². The van der Waals surface area contributed by atoms with E-state index in [1.54, 1.807) is 0 Å². The van der Waals surface area contributed by atoms with E-state index < -0.39 is 0 Å². The van der Waals surface area contributed by atoms with Crippen molar-refractivity contribution in [3.05, 3.63) is 21.9 Å². The summed E-state index contributed by atoms with van der Waals surface area (Å²) in [4.78, 5) is 1.37. The van der Waals surface area contributed by atoms with E-state index in [0.717, 1.165) is 0 Å². The molecule has 0 aromatic carbocycles. The van der Waals surface area contributed by atoms with E-state index in [0.29, 0.717) is 11.3 Å². The van der Waals surface area contributed by atoms with Crippen LogP contribution in [-0.4, -0.2) is 0 Å². The van der Waals surface area contributed by atoms with E-state index in [4.69, 9.17) is 5.73 Å². The van der Waals surface area contributed by atoms with Gasteiger partial charge in [-0.15, -0.1) is 11.3 Å². The fourth-order valence-electron chi connectivity index (χ4n) is 2.89. The maximum Gasteiger partial charge on any atom is 0.0337 e. The molecule has 15 heavy (non-hydrogen) atoms. The fraction of sp³-hybridized carbons (Fsp3) is 0.692. The summed E-state index contributed by atoms with van der Waals surface area (Å²) in [6, 6.07) is 2.50. The Morgan fingerprint density at radius 2 is 2.27 bits per heavy atom. The number of rotatable bonds is 2. The van der Waals surface area contributed by atoms with Crippen molar-refractivity contribution in [2.24, 2.45) is 17.1 Å². The van der Waals surface area contributed by atoms with E-state index in [2.05, 4.69) is 32.2 Å². The van der Waals surface area contributed by atoms with Crippen LogP contribution in [0.3, 0.4) is 0 Å². The van der Waals surface area contributed by atoms with E-state index in [1.807, 2.05) is 11.3 Å². The molecule has 0 radical (unpaired) electrons. The lowest BCUT2D eigenvalue weighted by Crippen LogP contribution is -2.29. The van der Waals surface area contributed by atoms with Crippen LogP contribution in [0.2, 0.25) is 0 Å². The Hall–Kier alpha value is -0.340. The number of nitrogens with two attached hydrogens (primary N) is 1. The van der Waals surface area contributed by atoms with Gasteiger partial charge in [0.1, 0.15) is 0 Å². The standard InChI is InChI=1S/C13H21NS/c1-9-7-10(8-15-9)12(14)11-5-4-6-13(11,2)3/h7-8,11-12H,4-6,14H2,1-3H3. The second-order valence-electron chi connectivity index (χ2n) is 5.50. The molecule has 1 aromatic rings. The summed E-state index contributed by atoms with van der Waals surface area (Å²) in [6.45, 7) is 6.88. The van der Waals surface area contributed by atoms with Gasteiger partial charge in [-0.25, -0.2) is 0 Å². The highest BCUT2D eigenvalue weighted by molar-refractivity contribution is 7.10. The average Bonchev–Trinajstić information content (AvgIpc) is 2.70. The molecule has 1 aliphatic rings. The molecule has 0 aliphatic heterocycles. The zero-order valence-electron chi connectivity index (χ0n) is 9.92. The van der Waals surface area contributed by atoms with Gasteiger partial charge >= 0.3 is 0 Å². The molecule has 1 fully saturated rings. The van der Waals surface area contributed by atoms with Gasteiger partial charge in [0.05, 0.1) is 0 Å². The van der Waals surface area contributed by atoms with Crippen LogP contribution in [0.1, 0.15) is 49.6 Å². The number of thiophene rings is 1. The topological polar surface area (TPSA) is 26.0 Å². The van der Waals surface area contributed by atoms with Crippen LogP contribution in [0.4, 0.5) is 0 Å². The largest absolute Gasteiger partial charge is 0.324 e. The third-order valence-corrected chi connectivity index (χ3v) is 4.79. The van der Waals surface area contributed by atoms with Gasteiger partial charge in [0.25, 0.3) is 0 Å². The number of hydrogen-bond donors (Lipinski definition) is 1. The van der Waals surface area contributed by atoms with Gasteiger partial charge in [0.15, 0.2) is 0 Å². The highest BCUT2D eigenvalue weighted by Gasteiger charge is 2.38. The summed E-state index contributed by atoms with van der Waals surface area (Å²) in [5.74, 6) is 0.659. The average molecular weight is 223 g/mol. The van der Waals surface area contributed by atoms with E-state index in [-0.39, 0.29) is 6.04 Å². The quantitative estimate of drug-likeness (QED) is 0.809. The lowest BCUT2D eigenvalue weighted by atomic mass is 9.76. The molecular weight excluding hydrogens is 202 g/mol. The minimum Gasteiger partial charge on any atom is -0.324 e. The second-order valence-corrected chi connectivity index (χ2v) is 6.62. The third kappa shape index (κ3) is 2.11. The molecule has 0 saturated heterocycles. The lowest BCUT2D eigenvalue weighted by Gasteiger charge is -2.31. The molecule has 0 amide bonds. The molecule has 0 bridgehead atoms. The molecular formula is C13H21NS. The molecule has 2 heteroatoms. The van der Waals surface area contributed by atoms with Crippen molar-refractivity contribution in [1.29, 1.82) is 0 Å². The van der Waals surface area contributed by atoms with Crippen molar-refractivity contribution in [3.63, 3.8) is 0 Å². The Bertz CT molecular complexity index is 340. The van der Waals surface area contributed by atoms with Crippen LogP contribution in [0.15, 0.2) is 11.4 Å². The van der Waals surface area contributed by atoms with Gasteiger partial charge in [-0.2, -0.15) is 0 Å². The van der Waals surface area contributed by atoms with Crippen molar-refractivity contribution in [1.82, 2.24) is 0 Å². The first kappa shape index (κ1) is 11.2. The first-order valence-corrected chi connectivity index (χ1v) is 6.69. The zero-order chi connectivity index (χ0) is 11.1. The molecule has 2 unspecified atom stereocenters. The first-order valence-electron chi connectivity index (χ1n) is 5.81. The molecule has 1 aromatic heterocycles. The van der Waals surface area contributed by atoms with Crippen LogP contribution in [0.5, 0.6) is 0 Å². The number of aryl methyl sites for hydroxylation is 1. The predicted octanol–water partition coefficient (Wildman–Crippen LogP) is 3.88. The Morgan fingerprint density at radius 1 is 1.53 bits per heavy atom. The van der Waals surface area contributed by atoms with Gasteiger partial charge in [-0.3, -0.25) is 0 Å². The van der Waals surface area contributed by atoms with Gasteiger partial charge in [-0.1, -0.05) is 20.3 Å². The maximum atomic E-state index is 6.40. The van der Waals surface area contributed by atoms with Crippen LogP contribution in [0.25, 0.3) is 0 Å². The minimum atomic E-state index is 0.243. The Balaban J connectivity index is 2.17. The van der Waals surface area contributed by atoms with Crippen LogP contribution >= 0.6 is 11.3 Å². The van der Waals surface area contributed by atoms with Crippen molar-refractivity contribution in [3.8, 4) is 0 Å².